The molecule has 5 heteroatoms. The Kier molecular flexibility index (Phi) is 4.78. The lowest BCUT2D eigenvalue weighted by atomic mass is 10.1. The normalized spacial score (nSPS) is 12.4. The number of nitrogens with zero attached hydrogens (tertiary/aromatic N) is 1. The number of phenols is 1. The van der Waals surface area contributed by atoms with Gasteiger partial charge in [0.2, 0.25) is 0 Å². The smallest absolute Gasteiger partial charge is 0.312 e. The van der Waals surface area contributed by atoms with Crippen LogP contribution in [0, 0.1) is 0 Å². The Labute approximate surface area is 101 Å². The minimum atomic E-state index is -0.512. The molecule has 0 aromatic heterocycles. The number of benzene rings is 1. The fourth-order valence-electron chi connectivity index (χ4n) is 1.56. The number of urea groups is 1. The van der Waals surface area contributed by atoms with Crippen molar-refractivity contribution in [2.45, 2.75) is 12.5 Å². The van der Waals surface area contributed by atoms with E-state index < -0.39 is 6.03 Å². The van der Waals surface area contributed by atoms with E-state index in [1.165, 1.54) is 0 Å². The molecule has 0 aliphatic rings. The quantitative estimate of drug-likeness (QED) is 0.699. The highest BCUT2D eigenvalue weighted by atomic mass is 16.3. The number of nitrogens with one attached hydrogen (secondary N) is 1. The first kappa shape index (κ1) is 13.3. The van der Waals surface area contributed by atoms with Crippen LogP contribution in [-0.4, -0.2) is 42.7 Å². The molecular weight excluding hydrogens is 218 g/mol. The van der Waals surface area contributed by atoms with Crippen molar-refractivity contribution in [1.82, 2.24) is 10.2 Å². The van der Waals surface area contributed by atoms with E-state index in [1.807, 2.05) is 31.1 Å². The Morgan fingerprint density at radius 1 is 1.41 bits per heavy atom. The average molecular weight is 237 g/mol. The molecule has 0 radical (unpaired) electrons. The van der Waals surface area contributed by atoms with Crippen LogP contribution in [0.25, 0.3) is 0 Å². The third-order valence-corrected chi connectivity index (χ3v) is 2.65. The number of hydrogen-bond acceptors (Lipinski definition) is 3. The van der Waals surface area contributed by atoms with Gasteiger partial charge in [0.1, 0.15) is 5.75 Å². The van der Waals surface area contributed by atoms with Gasteiger partial charge in [-0.2, -0.15) is 0 Å². The summed E-state index contributed by atoms with van der Waals surface area (Å²) in [5, 5.41) is 11.8. The highest BCUT2D eigenvalue weighted by Crippen LogP contribution is 2.12. The summed E-state index contributed by atoms with van der Waals surface area (Å²) in [6.45, 7) is 0.503. The van der Waals surface area contributed by atoms with E-state index in [4.69, 9.17) is 5.73 Å². The lowest BCUT2D eigenvalue weighted by Gasteiger charge is -2.24. The topological polar surface area (TPSA) is 78.6 Å². The van der Waals surface area contributed by atoms with Crippen molar-refractivity contribution in [2.75, 3.05) is 20.6 Å². The molecule has 1 rings (SSSR count). The van der Waals surface area contributed by atoms with Crippen molar-refractivity contribution in [3.63, 3.8) is 0 Å². The third-order valence-electron chi connectivity index (χ3n) is 2.65. The van der Waals surface area contributed by atoms with Gasteiger partial charge in [0.15, 0.2) is 0 Å². The van der Waals surface area contributed by atoms with E-state index in [9.17, 15) is 9.90 Å². The van der Waals surface area contributed by atoms with Crippen molar-refractivity contribution in [3.05, 3.63) is 29.8 Å². The number of aromatic hydroxyl groups is 1. The van der Waals surface area contributed by atoms with Gasteiger partial charge in [0.05, 0.1) is 0 Å². The fourth-order valence-corrected chi connectivity index (χ4v) is 1.56. The van der Waals surface area contributed by atoms with Crippen molar-refractivity contribution in [2.24, 2.45) is 5.73 Å². The van der Waals surface area contributed by atoms with Crippen LogP contribution in [0.3, 0.4) is 0 Å². The summed E-state index contributed by atoms with van der Waals surface area (Å²) in [6, 6.07) is 6.72. The molecule has 4 N–H and O–H groups in total. The number of hydrogen-bond donors (Lipinski definition) is 3. The Morgan fingerprint density at radius 3 is 2.47 bits per heavy atom. The predicted octanol–water partition coefficient (Wildman–Crippen LogP) is 0.533. The van der Waals surface area contributed by atoms with Crippen LogP contribution in [0.5, 0.6) is 5.75 Å². The van der Waals surface area contributed by atoms with Gasteiger partial charge in [-0.3, -0.25) is 0 Å². The molecule has 0 saturated heterocycles. The lowest BCUT2D eigenvalue weighted by molar-refractivity contribution is 0.239. The van der Waals surface area contributed by atoms with Crippen LogP contribution < -0.4 is 11.1 Å². The first-order valence-corrected chi connectivity index (χ1v) is 5.46. The number of carbonyl (C=O) groups is 1. The molecule has 1 aromatic rings. The molecular formula is C12H19N3O2. The van der Waals surface area contributed by atoms with E-state index in [-0.39, 0.29) is 11.8 Å². The number of likely N-dealkylation sites (N-methyl/N-ethyl adjacent to an activating group) is 1. The van der Waals surface area contributed by atoms with Gasteiger partial charge >= 0.3 is 6.03 Å². The second kappa shape index (κ2) is 6.10. The number of rotatable bonds is 5. The number of carbonyl (C=O) groups excluding carboxylic acids is 1. The standard InChI is InChI=1S/C12H19N3O2/c1-15(2)10(8-14-12(13)17)7-9-3-5-11(16)6-4-9/h3-6,10,16H,7-8H2,1-2H3,(H3,13,14,17)/t10-/m0/s1. The molecule has 0 unspecified atom stereocenters. The Bertz CT molecular complexity index is 363. The maximum atomic E-state index is 10.7. The summed E-state index contributed by atoms with van der Waals surface area (Å²) in [5.41, 5.74) is 6.16. The third kappa shape index (κ3) is 4.74. The number of phenolic OH excluding ortho intramolecular Hbond substituents is 1. The molecule has 0 aliphatic carbocycles. The second-order valence-electron chi connectivity index (χ2n) is 4.23. The molecule has 0 bridgehead atoms. The Hall–Kier alpha value is -1.75. The lowest BCUT2D eigenvalue weighted by Crippen LogP contribution is -2.43. The Balaban J connectivity index is 2.60. The van der Waals surface area contributed by atoms with E-state index in [2.05, 4.69) is 5.32 Å². The molecule has 2 amide bonds. The van der Waals surface area contributed by atoms with Crippen LogP contribution in [0.2, 0.25) is 0 Å². The number of nitrogens with two attached hydrogens (primary N) is 1. The first-order chi connectivity index (χ1) is 7.99. The van der Waals surface area contributed by atoms with Crippen molar-refractivity contribution in [3.8, 4) is 5.75 Å². The fraction of sp³-hybridized carbons (Fsp3) is 0.417. The number of amides is 2. The summed E-state index contributed by atoms with van der Waals surface area (Å²) in [4.78, 5) is 12.7. The van der Waals surface area contributed by atoms with Crippen molar-refractivity contribution < 1.29 is 9.90 Å². The van der Waals surface area contributed by atoms with Gasteiger partial charge in [-0.1, -0.05) is 12.1 Å². The first-order valence-electron chi connectivity index (χ1n) is 5.46. The van der Waals surface area contributed by atoms with Gasteiger partial charge < -0.3 is 21.1 Å². The van der Waals surface area contributed by atoms with Crippen LogP contribution in [0.4, 0.5) is 4.79 Å². The zero-order chi connectivity index (χ0) is 12.8. The SMILES string of the molecule is CN(C)[C@H](CNC(N)=O)Cc1ccc(O)cc1. The predicted molar refractivity (Wildman–Crippen MR) is 66.9 cm³/mol. The van der Waals surface area contributed by atoms with Crippen molar-refractivity contribution >= 4 is 6.03 Å². The van der Waals surface area contributed by atoms with Crippen molar-refractivity contribution in [1.29, 1.82) is 0 Å². The maximum Gasteiger partial charge on any atom is 0.312 e. The number of primary amides is 1. The molecule has 1 atom stereocenters. The molecule has 0 spiro atoms. The van der Waals surface area contributed by atoms with Crippen LogP contribution in [0.15, 0.2) is 24.3 Å². The highest BCUT2D eigenvalue weighted by Gasteiger charge is 2.12. The van der Waals surface area contributed by atoms with Gasteiger partial charge in [0.25, 0.3) is 0 Å². The molecule has 0 heterocycles. The average Bonchev–Trinajstić information content (AvgIpc) is 2.26. The zero-order valence-electron chi connectivity index (χ0n) is 10.2. The molecule has 0 aliphatic heterocycles. The second-order valence-corrected chi connectivity index (χ2v) is 4.23. The molecule has 5 nitrogen and oxygen atoms in total. The largest absolute Gasteiger partial charge is 0.508 e. The van der Waals surface area contributed by atoms with E-state index in [0.29, 0.717) is 6.54 Å². The van der Waals surface area contributed by atoms with E-state index in [1.54, 1.807) is 12.1 Å². The van der Waals surface area contributed by atoms with Crippen LogP contribution >= 0.6 is 0 Å². The molecule has 94 valence electrons. The molecule has 1 aromatic carbocycles. The molecule has 0 fully saturated rings. The zero-order valence-corrected chi connectivity index (χ0v) is 10.2. The Morgan fingerprint density at radius 2 is 2.00 bits per heavy atom. The molecule has 0 saturated carbocycles. The minimum absolute atomic E-state index is 0.173. The van der Waals surface area contributed by atoms with E-state index in [0.717, 1.165) is 12.0 Å². The van der Waals surface area contributed by atoms with E-state index >= 15 is 0 Å². The van der Waals surface area contributed by atoms with Gasteiger partial charge in [-0.05, 0) is 38.2 Å². The van der Waals surface area contributed by atoms with Crippen LogP contribution in [-0.2, 0) is 6.42 Å². The summed E-state index contributed by atoms with van der Waals surface area (Å²) in [5.74, 6) is 0.255. The van der Waals surface area contributed by atoms with Crippen LogP contribution in [0.1, 0.15) is 5.56 Å². The summed E-state index contributed by atoms with van der Waals surface area (Å²) >= 11 is 0. The maximum absolute atomic E-state index is 10.7. The van der Waals surface area contributed by atoms with Gasteiger partial charge in [-0.15, -0.1) is 0 Å². The van der Waals surface area contributed by atoms with Gasteiger partial charge in [0, 0.05) is 12.6 Å². The molecule has 17 heavy (non-hydrogen) atoms. The monoisotopic (exact) mass is 237 g/mol. The van der Waals surface area contributed by atoms with Gasteiger partial charge in [-0.25, -0.2) is 4.79 Å². The minimum Gasteiger partial charge on any atom is -0.508 e. The summed E-state index contributed by atoms with van der Waals surface area (Å²) < 4.78 is 0. The highest BCUT2D eigenvalue weighted by molar-refractivity contribution is 5.71. The summed E-state index contributed by atoms with van der Waals surface area (Å²) in [7, 11) is 3.90. The summed E-state index contributed by atoms with van der Waals surface area (Å²) in [6.07, 6.45) is 0.785.